The predicted molar refractivity (Wildman–Crippen MR) is 94.1 cm³/mol. The van der Waals surface area contributed by atoms with Crippen LogP contribution in [0.4, 0.5) is 11.4 Å². The molecule has 0 radical (unpaired) electrons. The third kappa shape index (κ3) is 3.95. The summed E-state index contributed by atoms with van der Waals surface area (Å²) in [7, 11) is 0. The number of hydrogen-bond donors (Lipinski definition) is 2. The normalized spacial score (nSPS) is 10.2. The second-order valence-electron chi connectivity index (χ2n) is 5.37. The monoisotopic (exact) mass is 318 g/mol. The molecule has 0 aliphatic carbocycles. The molecule has 0 aliphatic heterocycles. The molecule has 5 heteroatoms. The van der Waals surface area contributed by atoms with E-state index in [1.54, 1.807) is 18.5 Å². The van der Waals surface area contributed by atoms with Gasteiger partial charge in [-0.2, -0.15) is 0 Å². The molecule has 5 nitrogen and oxygen atoms in total. The quantitative estimate of drug-likeness (QED) is 0.756. The first-order valence-corrected chi connectivity index (χ1v) is 7.69. The number of para-hydroxylation sites is 1. The van der Waals surface area contributed by atoms with E-state index in [-0.39, 0.29) is 5.91 Å². The molecular weight excluding hydrogens is 300 g/mol. The molecule has 2 heterocycles. The summed E-state index contributed by atoms with van der Waals surface area (Å²) in [5.74, 6) is -0.228. The Hall–Kier alpha value is -3.21. The Kier molecular flexibility index (Phi) is 4.81. The van der Waals surface area contributed by atoms with Crippen LogP contribution in [0.5, 0.6) is 0 Å². The van der Waals surface area contributed by atoms with Crippen molar-refractivity contribution in [3.8, 4) is 0 Å². The highest BCUT2D eigenvalue weighted by atomic mass is 16.1. The topological polar surface area (TPSA) is 66.9 Å². The first-order valence-electron chi connectivity index (χ1n) is 7.69. The number of aryl methyl sites for hydroxylation is 1. The lowest BCUT2D eigenvalue weighted by atomic mass is 10.2. The van der Waals surface area contributed by atoms with Crippen LogP contribution in [-0.4, -0.2) is 15.9 Å². The summed E-state index contributed by atoms with van der Waals surface area (Å²) in [6, 6.07) is 17.2. The van der Waals surface area contributed by atoms with Crippen molar-refractivity contribution in [2.75, 3.05) is 5.32 Å². The third-order valence-electron chi connectivity index (χ3n) is 3.57. The van der Waals surface area contributed by atoms with Crippen molar-refractivity contribution >= 4 is 17.3 Å². The first kappa shape index (κ1) is 15.7. The Morgan fingerprint density at radius 2 is 1.83 bits per heavy atom. The minimum Gasteiger partial charge on any atom is -0.355 e. The Morgan fingerprint density at radius 3 is 2.62 bits per heavy atom. The largest absolute Gasteiger partial charge is 0.355 e. The number of nitrogens with one attached hydrogen (secondary N) is 2. The summed E-state index contributed by atoms with van der Waals surface area (Å²) in [4.78, 5) is 20.6. The van der Waals surface area contributed by atoms with Crippen molar-refractivity contribution in [1.29, 1.82) is 0 Å². The van der Waals surface area contributed by atoms with Crippen molar-refractivity contribution in [2.24, 2.45) is 0 Å². The summed E-state index contributed by atoms with van der Waals surface area (Å²) in [5.41, 5.74) is 4.13. The molecule has 0 aliphatic rings. The van der Waals surface area contributed by atoms with Gasteiger partial charge >= 0.3 is 0 Å². The summed E-state index contributed by atoms with van der Waals surface area (Å²) in [6.07, 6.45) is 3.32. The molecule has 2 N–H and O–H groups in total. The standard InChI is InChI=1S/C19H18N4O/c1-14-6-2-3-8-17(14)23-15-9-11-21-18(12-15)19(24)22-13-16-7-4-5-10-20-16/h2-12H,13H2,1H3,(H,21,23)(H,22,24). The fourth-order valence-electron chi connectivity index (χ4n) is 2.27. The minimum absolute atomic E-state index is 0.228. The molecule has 0 saturated carbocycles. The zero-order valence-corrected chi connectivity index (χ0v) is 13.4. The lowest BCUT2D eigenvalue weighted by molar-refractivity contribution is 0.0945. The molecule has 120 valence electrons. The van der Waals surface area contributed by atoms with Crippen LogP contribution in [0.25, 0.3) is 0 Å². The molecule has 1 amide bonds. The van der Waals surface area contributed by atoms with Crippen molar-refractivity contribution in [2.45, 2.75) is 13.5 Å². The molecule has 0 bridgehead atoms. The van der Waals surface area contributed by atoms with Crippen molar-refractivity contribution in [3.63, 3.8) is 0 Å². The van der Waals surface area contributed by atoms with Crippen LogP contribution in [0.3, 0.4) is 0 Å². The highest BCUT2D eigenvalue weighted by Gasteiger charge is 2.08. The van der Waals surface area contributed by atoms with Crippen LogP contribution < -0.4 is 10.6 Å². The van der Waals surface area contributed by atoms with Gasteiger partial charge in [-0.1, -0.05) is 24.3 Å². The Morgan fingerprint density at radius 1 is 1.00 bits per heavy atom. The van der Waals surface area contributed by atoms with Crippen LogP contribution in [0.1, 0.15) is 21.7 Å². The molecule has 1 aromatic carbocycles. The number of rotatable bonds is 5. The second-order valence-corrected chi connectivity index (χ2v) is 5.37. The van der Waals surface area contributed by atoms with E-state index >= 15 is 0 Å². The molecular formula is C19H18N4O. The summed E-state index contributed by atoms with van der Waals surface area (Å²) >= 11 is 0. The molecule has 0 saturated heterocycles. The number of aromatic nitrogens is 2. The number of carbonyl (C=O) groups is 1. The van der Waals surface area contributed by atoms with Crippen molar-refractivity contribution < 1.29 is 4.79 Å². The van der Waals surface area contributed by atoms with E-state index in [4.69, 9.17) is 0 Å². The van der Waals surface area contributed by atoms with Crippen LogP contribution in [0, 0.1) is 6.92 Å². The van der Waals surface area contributed by atoms with Gasteiger partial charge in [-0.3, -0.25) is 14.8 Å². The predicted octanol–water partition coefficient (Wildman–Crippen LogP) is 3.46. The molecule has 2 aromatic heterocycles. The fourth-order valence-corrected chi connectivity index (χ4v) is 2.27. The summed E-state index contributed by atoms with van der Waals surface area (Å²) < 4.78 is 0. The highest BCUT2D eigenvalue weighted by molar-refractivity contribution is 5.93. The van der Waals surface area contributed by atoms with Crippen molar-refractivity contribution in [3.05, 3.63) is 83.9 Å². The van der Waals surface area contributed by atoms with E-state index in [9.17, 15) is 4.79 Å². The molecule has 0 spiro atoms. The number of carbonyl (C=O) groups excluding carboxylic acids is 1. The van der Waals surface area contributed by atoms with Crippen LogP contribution in [-0.2, 0) is 6.54 Å². The Balaban J connectivity index is 1.68. The van der Waals surface area contributed by atoms with Gasteiger partial charge in [0.2, 0.25) is 0 Å². The van der Waals surface area contributed by atoms with Gasteiger partial charge in [-0.05, 0) is 42.8 Å². The van der Waals surface area contributed by atoms with Crippen molar-refractivity contribution in [1.82, 2.24) is 15.3 Å². The Bertz CT molecular complexity index is 834. The number of anilines is 2. The number of pyridine rings is 2. The van der Waals surface area contributed by atoms with Crippen LogP contribution in [0.2, 0.25) is 0 Å². The average Bonchev–Trinajstić information content (AvgIpc) is 2.63. The lowest BCUT2D eigenvalue weighted by Crippen LogP contribution is -2.24. The average molecular weight is 318 g/mol. The lowest BCUT2D eigenvalue weighted by Gasteiger charge is -2.10. The van der Waals surface area contributed by atoms with E-state index < -0.39 is 0 Å². The third-order valence-corrected chi connectivity index (χ3v) is 3.57. The van der Waals surface area contributed by atoms with Crippen LogP contribution >= 0.6 is 0 Å². The fraction of sp³-hybridized carbons (Fsp3) is 0.105. The van der Waals surface area contributed by atoms with Gasteiger partial charge in [0, 0.05) is 23.8 Å². The maximum absolute atomic E-state index is 12.3. The molecule has 24 heavy (non-hydrogen) atoms. The van der Waals surface area contributed by atoms with Gasteiger partial charge in [0.1, 0.15) is 5.69 Å². The SMILES string of the molecule is Cc1ccccc1Nc1ccnc(C(=O)NCc2ccccn2)c1. The summed E-state index contributed by atoms with van der Waals surface area (Å²) in [6.45, 7) is 2.40. The number of benzene rings is 1. The van der Waals surface area contributed by atoms with Gasteiger partial charge < -0.3 is 10.6 Å². The van der Waals surface area contributed by atoms with Gasteiger partial charge in [0.15, 0.2) is 0 Å². The van der Waals surface area contributed by atoms with Gasteiger partial charge in [0.25, 0.3) is 5.91 Å². The van der Waals surface area contributed by atoms with E-state index in [2.05, 4.69) is 20.6 Å². The Labute approximate surface area is 140 Å². The zero-order chi connectivity index (χ0) is 16.8. The zero-order valence-electron chi connectivity index (χ0n) is 13.4. The van der Waals surface area contributed by atoms with E-state index in [1.807, 2.05) is 55.5 Å². The molecule has 3 aromatic rings. The molecule has 0 unspecified atom stereocenters. The maximum Gasteiger partial charge on any atom is 0.270 e. The molecule has 3 rings (SSSR count). The van der Waals surface area contributed by atoms with E-state index in [0.29, 0.717) is 12.2 Å². The smallest absolute Gasteiger partial charge is 0.270 e. The first-order chi connectivity index (χ1) is 11.7. The second kappa shape index (κ2) is 7.37. The van der Waals surface area contributed by atoms with E-state index in [1.165, 1.54) is 0 Å². The minimum atomic E-state index is -0.228. The number of amides is 1. The highest BCUT2D eigenvalue weighted by Crippen LogP contribution is 2.20. The number of nitrogens with zero attached hydrogens (tertiary/aromatic N) is 2. The molecule has 0 fully saturated rings. The van der Waals surface area contributed by atoms with Gasteiger partial charge in [-0.25, -0.2) is 0 Å². The van der Waals surface area contributed by atoms with Gasteiger partial charge in [0.05, 0.1) is 12.2 Å². The van der Waals surface area contributed by atoms with Crippen LogP contribution in [0.15, 0.2) is 67.0 Å². The van der Waals surface area contributed by atoms with E-state index in [0.717, 1.165) is 22.6 Å². The molecule has 0 atom stereocenters. The number of hydrogen-bond acceptors (Lipinski definition) is 4. The van der Waals surface area contributed by atoms with Gasteiger partial charge in [-0.15, -0.1) is 0 Å². The maximum atomic E-state index is 12.3. The summed E-state index contributed by atoms with van der Waals surface area (Å²) in [5, 5.41) is 6.13.